The van der Waals surface area contributed by atoms with E-state index in [0.717, 1.165) is 12.8 Å². The highest BCUT2D eigenvalue weighted by Gasteiger charge is 2.47. The fourth-order valence-electron chi connectivity index (χ4n) is 3.30. The lowest BCUT2D eigenvalue weighted by Crippen LogP contribution is -2.45. The number of amides is 1. The quantitative estimate of drug-likeness (QED) is 0.537. The fourth-order valence-corrected chi connectivity index (χ4v) is 3.30. The van der Waals surface area contributed by atoms with Crippen LogP contribution >= 0.6 is 0 Å². The van der Waals surface area contributed by atoms with Crippen LogP contribution in [0.15, 0.2) is 12.7 Å². The second-order valence-corrected chi connectivity index (χ2v) is 7.30. The molecule has 3 rings (SSSR count). The molecule has 0 saturated carbocycles. The summed E-state index contributed by atoms with van der Waals surface area (Å²) in [6.45, 7) is 7.79. The largest absolute Gasteiger partial charge is 0.387 e. The smallest absolute Gasteiger partial charge is 0.252 e. The van der Waals surface area contributed by atoms with Crippen LogP contribution in [-0.2, 0) is 9.53 Å². The number of hydrogen-bond donors (Lipinski definition) is 4. The normalized spacial score (nSPS) is 25.0. The molecule has 1 fully saturated rings. The molecular weight excluding hydrogens is 364 g/mol. The summed E-state index contributed by atoms with van der Waals surface area (Å²) in [5.41, 5.74) is 0.986. The van der Waals surface area contributed by atoms with E-state index in [1.807, 2.05) is 13.8 Å². The molecule has 0 spiro atoms. The van der Waals surface area contributed by atoms with Gasteiger partial charge in [0.1, 0.15) is 18.5 Å². The Morgan fingerprint density at radius 3 is 2.57 bits per heavy atom. The van der Waals surface area contributed by atoms with Gasteiger partial charge in [0.15, 0.2) is 29.3 Å². The summed E-state index contributed by atoms with van der Waals surface area (Å²) >= 11 is 0. The van der Waals surface area contributed by atoms with Crippen LogP contribution in [0.1, 0.15) is 46.8 Å². The summed E-state index contributed by atoms with van der Waals surface area (Å²) in [7, 11) is 0. The van der Waals surface area contributed by atoms with E-state index in [4.69, 9.17) is 4.74 Å². The lowest BCUT2D eigenvalue weighted by Gasteiger charge is -2.17. The molecule has 28 heavy (non-hydrogen) atoms. The number of aliphatic hydroxyl groups is 2. The van der Waals surface area contributed by atoms with Crippen molar-refractivity contribution >= 4 is 22.9 Å². The number of carbonyl (C=O) groups is 1. The molecule has 2 aromatic rings. The van der Waals surface area contributed by atoms with Crippen molar-refractivity contribution in [3.8, 4) is 0 Å². The Bertz CT molecular complexity index is 822. The zero-order valence-corrected chi connectivity index (χ0v) is 16.5. The van der Waals surface area contributed by atoms with E-state index in [1.54, 1.807) is 0 Å². The summed E-state index contributed by atoms with van der Waals surface area (Å²) in [6.07, 6.45) is -0.0661. The van der Waals surface area contributed by atoms with Gasteiger partial charge in [-0.15, -0.1) is 0 Å². The van der Waals surface area contributed by atoms with Gasteiger partial charge in [0, 0.05) is 12.1 Å². The highest BCUT2D eigenvalue weighted by atomic mass is 16.6. The minimum absolute atomic E-state index is 0.111. The first-order valence-electron chi connectivity index (χ1n) is 9.63. The van der Waals surface area contributed by atoms with E-state index in [9.17, 15) is 15.0 Å². The van der Waals surface area contributed by atoms with Crippen LogP contribution in [-0.4, -0.2) is 66.0 Å². The molecular formula is C18H28N6O4. The molecule has 0 aromatic carbocycles. The van der Waals surface area contributed by atoms with Crippen molar-refractivity contribution in [3.05, 3.63) is 12.7 Å². The maximum absolute atomic E-state index is 12.3. The fraction of sp³-hybridized carbons (Fsp3) is 0.667. The third kappa shape index (κ3) is 3.80. The third-order valence-corrected chi connectivity index (χ3v) is 4.89. The van der Waals surface area contributed by atoms with Gasteiger partial charge in [0.25, 0.3) is 5.91 Å². The summed E-state index contributed by atoms with van der Waals surface area (Å²) < 4.78 is 7.21. The average molecular weight is 392 g/mol. The zero-order chi connectivity index (χ0) is 20.4. The van der Waals surface area contributed by atoms with E-state index >= 15 is 0 Å². The third-order valence-electron chi connectivity index (χ3n) is 4.89. The number of carbonyl (C=O) groups excluding carboxylic acids is 1. The van der Waals surface area contributed by atoms with Crippen LogP contribution in [0.2, 0.25) is 0 Å². The van der Waals surface area contributed by atoms with Crippen LogP contribution in [0.4, 0.5) is 5.82 Å². The van der Waals surface area contributed by atoms with E-state index in [0.29, 0.717) is 17.0 Å². The number of rotatable bonds is 7. The molecule has 0 bridgehead atoms. The summed E-state index contributed by atoms with van der Waals surface area (Å²) in [5.74, 6) is 0.124. The molecule has 4 N–H and O–H groups in total. The van der Waals surface area contributed by atoms with E-state index < -0.39 is 30.4 Å². The first kappa shape index (κ1) is 20.4. The Kier molecular flexibility index (Phi) is 6.11. The monoisotopic (exact) mass is 392 g/mol. The number of anilines is 1. The van der Waals surface area contributed by atoms with Gasteiger partial charge in [0.05, 0.1) is 6.33 Å². The molecule has 3 heterocycles. The number of imidazole rings is 1. The topological polar surface area (TPSA) is 134 Å². The lowest BCUT2D eigenvalue weighted by atomic mass is 10.1. The lowest BCUT2D eigenvalue weighted by molar-refractivity contribution is -0.138. The van der Waals surface area contributed by atoms with E-state index in [1.165, 1.54) is 17.2 Å². The highest BCUT2D eigenvalue weighted by Crippen LogP contribution is 2.32. The van der Waals surface area contributed by atoms with Crippen molar-refractivity contribution in [1.82, 2.24) is 24.8 Å². The van der Waals surface area contributed by atoms with E-state index in [2.05, 4.69) is 39.4 Å². The SMILES string of the molecule is CCC(CC)Nc1ncnc2c1ncn2C1OC(C(=O)NC(C)C)C(O)C1O. The van der Waals surface area contributed by atoms with Crippen LogP contribution in [0, 0.1) is 0 Å². The van der Waals surface area contributed by atoms with Crippen molar-refractivity contribution in [3.63, 3.8) is 0 Å². The van der Waals surface area contributed by atoms with Crippen molar-refractivity contribution in [2.24, 2.45) is 0 Å². The second kappa shape index (κ2) is 8.38. The standard InChI is InChI=1S/C18H28N6O4/c1-5-10(6-2)23-15-11-16(20-7-19-15)24(8-21-11)18-13(26)12(25)14(28-18)17(27)22-9(3)4/h7-10,12-14,18,25-26H,5-6H2,1-4H3,(H,22,27)(H,19,20,23). The van der Waals surface area contributed by atoms with Crippen molar-refractivity contribution in [1.29, 1.82) is 0 Å². The van der Waals surface area contributed by atoms with Crippen LogP contribution in [0.5, 0.6) is 0 Å². The Balaban J connectivity index is 1.89. The summed E-state index contributed by atoms with van der Waals surface area (Å²) in [5, 5.41) is 26.8. The molecule has 10 heteroatoms. The van der Waals surface area contributed by atoms with Gasteiger partial charge in [-0.3, -0.25) is 9.36 Å². The van der Waals surface area contributed by atoms with Gasteiger partial charge in [-0.05, 0) is 26.7 Å². The number of fused-ring (bicyclic) bond motifs is 1. The second-order valence-electron chi connectivity index (χ2n) is 7.30. The minimum atomic E-state index is -1.36. The number of nitrogens with zero attached hydrogens (tertiary/aromatic N) is 4. The average Bonchev–Trinajstić information content (AvgIpc) is 3.21. The van der Waals surface area contributed by atoms with Crippen molar-refractivity contribution in [2.75, 3.05) is 5.32 Å². The molecule has 0 aliphatic carbocycles. The van der Waals surface area contributed by atoms with Crippen LogP contribution < -0.4 is 10.6 Å². The zero-order valence-electron chi connectivity index (χ0n) is 16.5. The van der Waals surface area contributed by atoms with Gasteiger partial charge in [-0.1, -0.05) is 13.8 Å². The number of aliphatic hydroxyl groups excluding tert-OH is 2. The summed E-state index contributed by atoms with van der Waals surface area (Å²) in [4.78, 5) is 25.2. The first-order chi connectivity index (χ1) is 13.4. The van der Waals surface area contributed by atoms with Gasteiger partial charge >= 0.3 is 0 Å². The van der Waals surface area contributed by atoms with Gasteiger partial charge in [-0.2, -0.15) is 0 Å². The molecule has 1 amide bonds. The molecule has 1 saturated heterocycles. The molecule has 1 aliphatic heterocycles. The van der Waals surface area contributed by atoms with Gasteiger partial charge < -0.3 is 25.6 Å². The molecule has 4 atom stereocenters. The predicted molar refractivity (Wildman–Crippen MR) is 103 cm³/mol. The predicted octanol–water partition coefficient (Wildman–Crippen LogP) is 0.571. The van der Waals surface area contributed by atoms with Gasteiger partial charge in [-0.25, -0.2) is 15.0 Å². The molecule has 2 aromatic heterocycles. The van der Waals surface area contributed by atoms with Crippen LogP contribution in [0.25, 0.3) is 11.2 Å². The Morgan fingerprint density at radius 1 is 1.21 bits per heavy atom. The van der Waals surface area contributed by atoms with Gasteiger partial charge in [0.2, 0.25) is 0 Å². The van der Waals surface area contributed by atoms with Crippen molar-refractivity contribution in [2.45, 2.75) is 77.2 Å². The highest BCUT2D eigenvalue weighted by molar-refractivity contribution is 5.83. The Hall–Kier alpha value is -2.30. The van der Waals surface area contributed by atoms with Crippen molar-refractivity contribution < 1.29 is 19.7 Å². The molecule has 1 aliphatic rings. The first-order valence-corrected chi connectivity index (χ1v) is 9.63. The Morgan fingerprint density at radius 2 is 1.93 bits per heavy atom. The number of nitrogens with one attached hydrogen (secondary N) is 2. The molecule has 154 valence electrons. The molecule has 4 unspecified atom stereocenters. The molecule has 10 nitrogen and oxygen atoms in total. The van der Waals surface area contributed by atoms with E-state index in [-0.39, 0.29) is 12.1 Å². The van der Waals surface area contributed by atoms with Crippen LogP contribution in [0.3, 0.4) is 0 Å². The number of aromatic nitrogens is 4. The molecule has 0 radical (unpaired) electrons. The maximum Gasteiger partial charge on any atom is 0.252 e. The number of ether oxygens (including phenoxy) is 1. The summed E-state index contributed by atoms with van der Waals surface area (Å²) in [6, 6.07) is 0.141. The minimum Gasteiger partial charge on any atom is -0.387 e. The maximum atomic E-state index is 12.3. The Labute approximate surface area is 163 Å². The number of hydrogen-bond acceptors (Lipinski definition) is 8.